The highest BCUT2D eigenvalue weighted by Gasteiger charge is 2.36. The summed E-state index contributed by atoms with van der Waals surface area (Å²) in [6.07, 6.45) is 3.74. The third-order valence-electron chi connectivity index (χ3n) is 3.80. The molecule has 0 radical (unpaired) electrons. The Morgan fingerprint density at radius 3 is 2.89 bits per heavy atom. The molecule has 0 spiro atoms. The van der Waals surface area contributed by atoms with E-state index in [1.54, 1.807) is 4.90 Å². The van der Waals surface area contributed by atoms with Crippen molar-refractivity contribution in [1.82, 2.24) is 15.5 Å². The lowest BCUT2D eigenvalue weighted by Gasteiger charge is -2.27. The number of likely N-dealkylation sites (tertiary alicyclic amines) is 1. The summed E-state index contributed by atoms with van der Waals surface area (Å²) >= 11 is 0. The summed E-state index contributed by atoms with van der Waals surface area (Å²) in [4.78, 5) is 13.6. The Kier molecular flexibility index (Phi) is 4.99. The van der Waals surface area contributed by atoms with E-state index >= 15 is 0 Å². The fourth-order valence-electron chi connectivity index (χ4n) is 2.77. The van der Waals surface area contributed by atoms with Crippen molar-refractivity contribution in [1.29, 1.82) is 0 Å². The minimum Gasteiger partial charge on any atom is -0.426 e. The third-order valence-corrected chi connectivity index (χ3v) is 3.80. The quantitative estimate of drug-likeness (QED) is 0.451. The summed E-state index contributed by atoms with van der Waals surface area (Å²) in [5.41, 5.74) is 0. The van der Waals surface area contributed by atoms with Gasteiger partial charge in [-0.1, -0.05) is 0 Å². The average Bonchev–Trinajstić information content (AvgIpc) is 2.86. The highest BCUT2D eigenvalue weighted by atomic mass is 16.4. The zero-order valence-corrected chi connectivity index (χ0v) is 10.6. The lowest BCUT2D eigenvalue weighted by Crippen LogP contribution is -2.51. The van der Waals surface area contributed by atoms with Gasteiger partial charge in [-0.15, -0.1) is 0 Å². The van der Waals surface area contributed by atoms with E-state index in [-0.39, 0.29) is 12.5 Å². The molecule has 4 N–H and O–H groups in total. The number of amides is 1. The first kappa shape index (κ1) is 13.8. The second-order valence-corrected chi connectivity index (χ2v) is 5.13. The van der Waals surface area contributed by atoms with Gasteiger partial charge in [0, 0.05) is 19.1 Å². The minimum absolute atomic E-state index is 0.0313. The first-order valence-corrected chi connectivity index (χ1v) is 6.78. The summed E-state index contributed by atoms with van der Waals surface area (Å²) in [7, 11) is -1.42. The van der Waals surface area contributed by atoms with Crippen molar-refractivity contribution >= 4 is 13.0 Å². The number of hydrogen-bond donors (Lipinski definition) is 4. The second kappa shape index (κ2) is 6.52. The van der Waals surface area contributed by atoms with Gasteiger partial charge in [0.15, 0.2) is 0 Å². The Labute approximate surface area is 108 Å². The highest BCUT2D eigenvalue weighted by Crippen LogP contribution is 2.17. The maximum absolute atomic E-state index is 12.0. The zero-order chi connectivity index (χ0) is 13.0. The lowest BCUT2D eigenvalue weighted by molar-refractivity contribution is -0.130. The molecule has 0 aliphatic carbocycles. The van der Waals surface area contributed by atoms with Crippen LogP contribution in [0.4, 0.5) is 0 Å². The van der Waals surface area contributed by atoms with Gasteiger partial charge in [0.05, 0.1) is 12.5 Å². The maximum atomic E-state index is 12.0. The number of hydrogen-bond acceptors (Lipinski definition) is 5. The number of nitrogens with zero attached hydrogens (tertiary/aromatic N) is 1. The van der Waals surface area contributed by atoms with Crippen LogP contribution >= 0.6 is 0 Å². The number of nitrogens with one attached hydrogen (secondary N) is 2. The largest absolute Gasteiger partial charge is 0.475 e. The molecule has 2 atom stereocenters. The summed E-state index contributed by atoms with van der Waals surface area (Å²) in [6, 6.07) is 0.350. The van der Waals surface area contributed by atoms with E-state index in [2.05, 4.69) is 10.6 Å². The van der Waals surface area contributed by atoms with Crippen molar-refractivity contribution in [3.63, 3.8) is 0 Å². The predicted octanol–water partition coefficient (Wildman–Crippen LogP) is -1.67. The Morgan fingerprint density at radius 1 is 1.39 bits per heavy atom. The van der Waals surface area contributed by atoms with Crippen molar-refractivity contribution in [3.05, 3.63) is 0 Å². The maximum Gasteiger partial charge on any atom is 0.475 e. The Bertz CT molecular complexity index is 285. The van der Waals surface area contributed by atoms with Gasteiger partial charge in [0.2, 0.25) is 5.91 Å². The molecule has 2 fully saturated rings. The summed E-state index contributed by atoms with van der Waals surface area (Å²) in [5.74, 6) is -0.458. The topological polar surface area (TPSA) is 84.8 Å². The van der Waals surface area contributed by atoms with E-state index in [0.29, 0.717) is 19.0 Å². The van der Waals surface area contributed by atoms with E-state index in [9.17, 15) is 14.8 Å². The highest BCUT2D eigenvalue weighted by molar-refractivity contribution is 6.43. The monoisotopic (exact) mass is 255 g/mol. The third kappa shape index (κ3) is 3.44. The molecule has 0 aromatic heterocycles. The van der Waals surface area contributed by atoms with Crippen molar-refractivity contribution in [2.24, 2.45) is 0 Å². The molecule has 2 rings (SSSR count). The number of rotatable bonds is 4. The summed E-state index contributed by atoms with van der Waals surface area (Å²) in [5, 5.41) is 25.0. The molecule has 0 unspecified atom stereocenters. The molecular weight excluding hydrogens is 233 g/mol. The molecular formula is C11H22BN3O3. The Balaban J connectivity index is 1.76. The van der Waals surface area contributed by atoms with Crippen LogP contribution in [0.2, 0.25) is 0 Å². The molecule has 0 aromatic rings. The van der Waals surface area contributed by atoms with Crippen molar-refractivity contribution in [2.75, 3.05) is 26.2 Å². The van der Waals surface area contributed by atoms with Crippen molar-refractivity contribution < 1.29 is 14.8 Å². The minimum atomic E-state index is -1.42. The van der Waals surface area contributed by atoms with Crippen LogP contribution in [0.5, 0.6) is 0 Å². The molecule has 6 nitrogen and oxygen atoms in total. The van der Waals surface area contributed by atoms with Gasteiger partial charge in [-0.3, -0.25) is 4.79 Å². The van der Waals surface area contributed by atoms with E-state index in [0.717, 1.165) is 32.4 Å². The van der Waals surface area contributed by atoms with E-state index < -0.39 is 13.1 Å². The van der Waals surface area contributed by atoms with Crippen LogP contribution in [0.15, 0.2) is 0 Å². The van der Waals surface area contributed by atoms with Crippen LogP contribution in [0.25, 0.3) is 0 Å². The molecule has 1 amide bonds. The van der Waals surface area contributed by atoms with Crippen LogP contribution in [0, 0.1) is 0 Å². The van der Waals surface area contributed by atoms with E-state index in [1.807, 2.05) is 0 Å². The predicted molar refractivity (Wildman–Crippen MR) is 68.8 cm³/mol. The van der Waals surface area contributed by atoms with Crippen LogP contribution in [-0.4, -0.2) is 66.1 Å². The number of piperidine rings is 1. The van der Waals surface area contributed by atoms with Crippen molar-refractivity contribution in [2.45, 2.75) is 37.7 Å². The number of carbonyl (C=O) groups excluding carboxylic acids is 1. The molecule has 0 aromatic carbocycles. The molecule has 0 bridgehead atoms. The number of carbonyl (C=O) groups is 1. The summed E-state index contributed by atoms with van der Waals surface area (Å²) in [6.45, 7) is 2.87. The smallest absolute Gasteiger partial charge is 0.426 e. The standard InChI is InChI=1S/C11H22BN3O3/c16-11(8-14-9-3-1-5-13-7-9)15-6-2-4-10(15)12(17)18/h9-10,13-14,17-18H,1-8H2/t9-,10-/m0/s1. The Hall–Kier alpha value is -0.625. The fraction of sp³-hybridized carbons (Fsp3) is 0.909. The molecule has 2 heterocycles. The second-order valence-electron chi connectivity index (χ2n) is 5.13. The van der Waals surface area contributed by atoms with Crippen molar-refractivity contribution in [3.8, 4) is 0 Å². The van der Waals surface area contributed by atoms with E-state index in [4.69, 9.17) is 0 Å². The van der Waals surface area contributed by atoms with Crippen LogP contribution in [-0.2, 0) is 4.79 Å². The average molecular weight is 255 g/mol. The van der Waals surface area contributed by atoms with Gasteiger partial charge in [-0.25, -0.2) is 0 Å². The first-order chi connectivity index (χ1) is 8.68. The molecule has 2 aliphatic heterocycles. The van der Waals surface area contributed by atoms with Gasteiger partial charge in [0.25, 0.3) is 0 Å². The Morgan fingerprint density at radius 2 is 2.22 bits per heavy atom. The molecule has 102 valence electrons. The molecule has 7 heteroatoms. The zero-order valence-electron chi connectivity index (χ0n) is 10.6. The molecule has 2 saturated heterocycles. The first-order valence-electron chi connectivity index (χ1n) is 6.78. The lowest BCUT2D eigenvalue weighted by atomic mass is 9.78. The molecule has 0 saturated carbocycles. The molecule has 18 heavy (non-hydrogen) atoms. The SMILES string of the molecule is O=C(CN[C@H]1CCCNC1)N1CCC[C@H]1B(O)O. The van der Waals surface area contributed by atoms with Gasteiger partial charge in [0.1, 0.15) is 0 Å². The molecule has 2 aliphatic rings. The van der Waals surface area contributed by atoms with Crippen LogP contribution < -0.4 is 10.6 Å². The van der Waals surface area contributed by atoms with E-state index in [1.165, 1.54) is 0 Å². The fourth-order valence-corrected chi connectivity index (χ4v) is 2.77. The van der Waals surface area contributed by atoms with Crippen LogP contribution in [0.3, 0.4) is 0 Å². The van der Waals surface area contributed by atoms with Gasteiger partial charge < -0.3 is 25.6 Å². The van der Waals surface area contributed by atoms with Gasteiger partial charge in [-0.05, 0) is 32.2 Å². The van der Waals surface area contributed by atoms with Gasteiger partial charge >= 0.3 is 7.12 Å². The van der Waals surface area contributed by atoms with Gasteiger partial charge in [-0.2, -0.15) is 0 Å². The normalized spacial score (nSPS) is 28.4. The summed E-state index contributed by atoms with van der Waals surface area (Å²) < 4.78 is 0. The van der Waals surface area contributed by atoms with Crippen LogP contribution in [0.1, 0.15) is 25.7 Å².